The molecule has 2 aliphatic rings. The number of nitrogens with two attached hydrogens (primary N) is 1. The molecule has 1 amide bonds. The highest BCUT2D eigenvalue weighted by molar-refractivity contribution is 5.99. The normalized spacial score (nSPS) is 16.9. The highest BCUT2D eigenvalue weighted by atomic mass is 16.5. The highest BCUT2D eigenvalue weighted by Gasteiger charge is 2.17. The fraction of sp³-hybridized carbons (Fsp3) is 0.500. The van der Waals surface area contributed by atoms with E-state index in [4.69, 9.17) is 15.2 Å². The number of anilines is 2. The molecule has 1 saturated heterocycles. The van der Waals surface area contributed by atoms with Gasteiger partial charge >= 0.3 is 0 Å². The number of primary amides is 1. The summed E-state index contributed by atoms with van der Waals surface area (Å²) in [5, 5.41) is 10.1. The highest BCUT2D eigenvalue weighted by Crippen LogP contribution is 2.21. The third-order valence-corrected chi connectivity index (χ3v) is 6.14. The molecule has 11 heteroatoms. The van der Waals surface area contributed by atoms with Crippen molar-refractivity contribution in [3.05, 3.63) is 41.9 Å². The molecule has 1 aliphatic carbocycles. The average molecular weight is 486 g/mol. The second kappa shape index (κ2) is 12.9. The maximum absolute atomic E-state index is 11.6. The molecule has 190 valence electrons. The molecule has 0 aromatic carbocycles. The van der Waals surface area contributed by atoms with Crippen LogP contribution in [-0.4, -0.2) is 78.3 Å². The fourth-order valence-electron chi connectivity index (χ4n) is 3.74. The van der Waals surface area contributed by atoms with Gasteiger partial charge in [0.2, 0.25) is 0 Å². The second-order valence-corrected chi connectivity index (χ2v) is 8.44. The lowest BCUT2D eigenvalue weighted by atomic mass is 9.96. The SMILES string of the molecule is CNc1cc(N/C(C=O)=C/C=C\N(C)C2CCOCC2)nc2c(C(N)=O)cnn12.COC1CCC1. The van der Waals surface area contributed by atoms with Crippen LogP contribution in [0.3, 0.4) is 0 Å². The zero-order valence-electron chi connectivity index (χ0n) is 20.6. The smallest absolute Gasteiger partial charge is 0.254 e. The minimum Gasteiger partial charge on any atom is -0.381 e. The van der Waals surface area contributed by atoms with Crippen LogP contribution in [0, 0.1) is 0 Å². The molecule has 4 rings (SSSR count). The number of rotatable bonds is 9. The molecule has 1 saturated carbocycles. The van der Waals surface area contributed by atoms with Crippen LogP contribution in [-0.2, 0) is 14.3 Å². The monoisotopic (exact) mass is 485 g/mol. The van der Waals surface area contributed by atoms with Crippen molar-refractivity contribution in [3.63, 3.8) is 0 Å². The van der Waals surface area contributed by atoms with E-state index >= 15 is 0 Å². The first-order valence-electron chi connectivity index (χ1n) is 11.8. The molecule has 35 heavy (non-hydrogen) atoms. The third kappa shape index (κ3) is 7.03. The maximum atomic E-state index is 11.6. The predicted molar refractivity (Wildman–Crippen MR) is 134 cm³/mol. The van der Waals surface area contributed by atoms with Crippen molar-refractivity contribution >= 4 is 29.5 Å². The first kappa shape index (κ1) is 26.2. The van der Waals surface area contributed by atoms with Crippen LogP contribution in [0.25, 0.3) is 5.65 Å². The molecule has 2 aromatic rings. The van der Waals surface area contributed by atoms with E-state index in [9.17, 15) is 9.59 Å². The Morgan fingerprint density at radius 1 is 1.31 bits per heavy atom. The summed E-state index contributed by atoms with van der Waals surface area (Å²) in [6, 6.07) is 2.11. The van der Waals surface area contributed by atoms with E-state index in [1.54, 1.807) is 32.4 Å². The third-order valence-electron chi connectivity index (χ3n) is 6.14. The summed E-state index contributed by atoms with van der Waals surface area (Å²) in [7, 11) is 5.51. The van der Waals surface area contributed by atoms with Crippen LogP contribution < -0.4 is 16.4 Å². The van der Waals surface area contributed by atoms with E-state index in [0.29, 0.717) is 41.4 Å². The van der Waals surface area contributed by atoms with Gasteiger partial charge in [0.05, 0.1) is 18.0 Å². The number of aldehydes is 1. The van der Waals surface area contributed by atoms with Crippen molar-refractivity contribution in [2.75, 3.05) is 45.1 Å². The summed E-state index contributed by atoms with van der Waals surface area (Å²) in [6.07, 6.45) is 14.0. The van der Waals surface area contributed by atoms with Gasteiger partial charge in [0, 0.05) is 46.5 Å². The molecule has 0 atom stereocenters. The van der Waals surface area contributed by atoms with Crippen LogP contribution >= 0.6 is 0 Å². The van der Waals surface area contributed by atoms with Gasteiger partial charge in [-0.25, -0.2) is 4.98 Å². The summed E-state index contributed by atoms with van der Waals surface area (Å²) < 4.78 is 11.8. The van der Waals surface area contributed by atoms with Gasteiger partial charge in [-0.3, -0.25) is 9.59 Å². The lowest BCUT2D eigenvalue weighted by Gasteiger charge is -2.30. The van der Waals surface area contributed by atoms with Gasteiger partial charge in [0.1, 0.15) is 17.2 Å². The molecule has 11 nitrogen and oxygen atoms in total. The lowest BCUT2D eigenvalue weighted by Crippen LogP contribution is -2.33. The Hall–Kier alpha value is -3.44. The molecule has 0 unspecified atom stereocenters. The minimum absolute atomic E-state index is 0.194. The zero-order chi connectivity index (χ0) is 25.2. The molecular weight excluding hydrogens is 450 g/mol. The molecule has 1 aliphatic heterocycles. The summed E-state index contributed by atoms with van der Waals surface area (Å²) in [5.41, 5.74) is 6.20. The van der Waals surface area contributed by atoms with E-state index in [1.165, 1.54) is 30.0 Å². The van der Waals surface area contributed by atoms with Crippen LogP contribution in [0.15, 0.2) is 36.3 Å². The van der Waals surface area contributed by atoms with Crippen molar-refractivity contribution in [2.24, 2.45) is 5.73 Å². The standard InChI is InChI=1S/C19H25N7O3.C5H10O/c1-21-17-10-16(24-19-15(18(20)28)11-22-26(17)19)23-13(12-27)4-3-7-25(2)14-5-8-29-9-6-14;1-6-5-3-2-4-5/h3-4,7,10-12,14,21H,5-6,8-9H2,1-2H3,(H2,20,28)(H,23,24);5H,2-4H2,1H3/b7-3-,13-4+;. The Kier molecular flexibility index (Phi) is 9.62. The number of aromatic nitrogens is 3. The van der Waals surface area contributed by atoms with Gasteiger partial charge in [0.25, 0.3) is 5.91 Å². The number of carbonyl (C=O) groups is 2. The largest absolute Gasteiger partial charge is 0.381 e. The van der Waals surface area contributed by atoms with E-state index in [2.05, 4.69) is 25.6 Å². The van der Waals surface area contributed by atoms with E-state index < -0.39 is 5.91 Å². The first-order valence-corrected chi connectivity index (χ1v) is 11.8. The minimum atomic E-state index is -0.628. The second-order valence-electron chi connectivity index (χ2n) is 8.44. The summed E-state index contributed by atoms with van der Waals surface area (Å²) >= 11 is 0. The van der Waals surface area contributed by atoms with Crippen LogP contribution in [0.4, 0.5) is 11.6 Å². The summed E-state index contributed by atoms with van der Waals surface area (Å²) in [6.45, 7) is 1.54. The van der Waals surface area contributed by atoms with Crippen molar-refractivity contribution in [2.45, 2.75) is 44.2 Å². The maximum Gasteiger partial charge on any atom is 0.254 e. The number of methoxy groups -OCH3 is 1. The Balaban J connectivity index is 0.000000497. The Morgan fingerprint density at radius 3 is 2.60 bits per heavy atom. The van der Waals surface area contributed by atoms with Gasteiger partial charge < -0.3 is 30.7 Å². The number of nitrogens with zero attached hydrogens (tertiary/aromatic N) is 4. The van der Waals surface area contributed by atoms with Gasteiger partial charge in [-0.15, -0.1) is 0 Å². The quantitative estimate of drug-likeness (QED) is 0.277. The molecule has 0 spiro atoms. The van der Waals surface area contributed by atoms with E-state index in [1.807, 2.05) is 13.2 Å². The average Bonchev–Trinajstić information content (AvgIpc) is 3.27. The van der Waals surface area contributed by atoms with Crippen LogP contribution in [0.5, 0.6) is 0 Å². The van der Waals surface area contributed by atoms with E-state index in [0.717, 1.165) is 26.1 Å². The first-order chi connectivity index (χ1) is 17.0. The molecule has 2 fully saturated rings. The molecule has 0 radical (unpaired) electrons. The van der Waals surface area contributed by atoms with Gasteiger partial charge in [-0.2, -0.15) is 9.61 Å². The zero-order valence-corrected chi connectivity index (χ0v) is 20.6. The van der Waals surface area contributed by atoms with Crippen LogP contribution in [0.2, 0.25) is 0 Å². The molecular formula is C24H35N7O4. The number of allylic oxidation sites excluding steroid dienone is 3. The lowest BCUT2D eigenvalue weighted by molar-refractivity contribution is -0.104. The molecule has 2 aromatic heterocycles. The molecule has 4 N–H and O–H groups in total. The fourth-order valence-corrected chi connectivity index (χ4v) is 3.74. The van der Waals surface area contributed by atoms with Gasteiger partial charge in [-0.05, 0) is 50.5 Å². The number of hydrogen-bond acceptors (Lipinski definition) is 9. The molecule has 0 bridgehead atoms. The summed E-state index contributed by atoms with van der Waals surface area (Å²) in [5.74, 6) is 0.344. The number of hydrogen-bond donors (Lipinski definition) is 3. The molecule has 3 heterocycles. The Labute approximate surface area is 205 Å². The Morgan fingerprint density at radius 2 is 2.06 bits per heavy atom. The Bertz CT molecular complexity index is 1050. The number of amides is 1. The van der Waals surface area contributed by atoms with Crippen molar-refractivity contribution in [1.29, 1.82) is 0 Å². The topological polar surface area (TPSA) is 136 Å². The summed E-state index contributed by atoms with van der Waals surface area (Å²) in [4.78, 5) is 29.6. The van der Waals surface area contributed by atoms with Crippen molar-refractivity contribution in [3.8, 4) is 0 Å². The number of carbonyl (C=O) groups excluding carboxylic acids is 2. The van der Waals surface area contributed by atoms with Crippen molar-refractivity contribution < 1.29 is 19.1 Å². The van der Waals surface area contributed by atoms with Crippen molar-refractivity contribution in [1.82, 2.24) is 19.5 Å². The number of ether oxygens (including phenoxy) is 2. The number of fused-ring (bicyclic) bond motifs is 1. The number of nitrogens with one attached hydrogen (secondary N) is 2. The van der Waals surface area contributed by atoms with Gasteiger partial charge in [0.15, 0.2) is 11.9 Å². The van der Waals surface area contributed by atoms with Gasteiger partial charge in [-0.1, -0.05) is 0 Å². The van der Waals surface area contributed by atoms with E-state index in [-0.39, 0.29) is 5.56 Å². The predicted octanol–water partition coefficient (Wildman–Crippen LogP) is 2.17. The van der Waals surface area contributed by atoms with Crippen LogP contribution in [0.1, 0.15) is 42.5 Å².